The molecule has 3 aliphatic heterocycles. The molecule has 0 radical (unpaired) electrons. The molecule has 38 heavy (non-hydrogen) atoms. The average Bonchev–Trinajstić information content (AvgIpc) is 3.68. The van der Waals surface area contributed by atoms with Crippen LogP contribution >= 0.6 is 23.5 Å². The Labute approximate surface area is 228 Å². The average molecular weight is 550 g/mol. The number of thioether (sulfide) groups is 2. The Balaban J connectivity index is 1.10. The fourth-order valence-electron chi connectivity index (χ4n) is 5.17. The van der Waals surface area contributed by atoms with Crippen molar-refractivity contribution in [1.82, 2.24) is 15.1 Å². The van der Waals surface area contributed by atoms with E-state index in [1.807, 2.05) is 47.4 Å². The van der Waals surface area contributed by atoms with Gasteiger partial charge in [0.1, 0.15) is 17.1 Å². The van der Waals surface area contributed by atoms with E-state index >= 15 is 0 Å². The van der Waals surface area contributed by atoms with E-state index in [0.717, 1.165) is 35.1 Å². The van der Waals surface area contributed by atoms with E-state index in [4.69, 9.17) is 0 Å². The van der Waals surface area contributed by atoms with Crippen molar-refractivity contribution >= 4 is 58.0 Å². The van der Waals surface area contributed by atoms with Crippen LogP contribution in [0.2, 0.25) is 0 Å². The van der Waals surface area contributed by atoms with Gasteiger partial charge in [-0.1, -0.05) is 30.3 Å². The number of nitrogens with one attached hydrogen (secondary N) is 1. The zero-order valence-electron chi connectivity index (χ0n) is 20.6. The summed E-state index contributed by atoms with van der Waals surface area (Å²) in [6, 6.07) is 13.2. The summed E-state index contributed by atoms with van der Waals surface area (Å²) in [4.78, 5) is 54.7. The number of benzene rings is 2. The first-order valence-corrected chi connectivity index (χ1v) is 14.7. The van der Waals surface area contributed by atoms with Gasteiger partial charge in [-0.3, -0.25) is 19.3 Å². The van der Waals surface area contributed by atoms with E-state index < -0.39 is 23.3 Å². The number of hydrogen-bond donors (Lipinski definition) is 2. The Hall–Kier alpha value is -3.24. The van der Waals surface area contributed by atoms with Crippen molar-refractivity contribution in [2.24, 2.45) is 5.92 Å². The molecule has 2 saturated heterocycles. The van der Waals surface area contributed by atoms with Crippen LogP contribution in [0.15, 0.2) is 70.3 Å². The smallest absolute Gasteiger partial charge is 0.352 e. The van der Waals surface area contributed by atoms with E-state index in [2.05, 4.69) is 5.32 Å². The molecule has 8 nitrogen and oxygen atoms in total. The van der Waals surface area contributed by atoms with Gasteiger partial charge in [0.15, 0.2) is 0 Å². The quantitative estimate of drug-likeness (QED) is 0.296. The lowest BCUT2D eigenvalue weighted by Gasteiger charge is -2.49. The number of fused-ring (bicyclic) bond motifs is 2. The molecule has 6 rings (SSSR count). The fraction of sp³-hybridized carbons (Fsp3) is 0.357. The van der Waals surface area contributed by atoms with Crippen LogP contribution < -0.4 is 5.32 Å². The SMILES string of the molecule is O=C(CSc1ccc2ccccc2c1)N[C@@H]1C(=O)N2C(C(=O)O)=C(/C=C3\CCN(CC4CC4)C3=O)CS[C@H]12. The van der Waals surface area contributed by atoms with Gasteiger partial charge in [0.25, 0.3) is 5.91 Å². The minimum Gasteiger partial charge on any atom is -0.477 e. The highest BCUT2D eigenvalue weighted by Gasteiger charge is 2.54. The second kappa shape index (κ2) is 10.1. The lowest BCUT2D eigenvalue weighted by molar-refractivity contribution is -0.150. The summed E-state index contributed by atoms with van der Waals surface area (Å²) in [6.45, 7) is 1.42. The van der Waals surface area contributed by atoms with Gasteiger partial charge >= 0.3 is 5.97 Å². The zero-order valence-corrected chi connectivity index (χ0v) is 22.2. The molecule has 2 atom stereocenters. The van der Waals surface area contributed by atoms with Gasteiger partial charge in [0, 0.05) is 29.3 Å². The molecule has 4 aliphatic rings. The largest absolute Gasteiger partial charge is 0.477 e. The van der Waals surface area contributed by atoms with Crippen LogP contribution in [0.25, 0.3) is 10.8 Å². The summed E-state index contributed by atoms with van der Waals surface area (Å²) < 4.78 is 0. The highest BCUT2D eigenvalue weighted by Crippen LogP contribution is 2.41. The predicted octanol–water partition coefficient (Wildman–Crippen LogP) is 3.24. The van der Waals surface area contributed by atoms with Crippen molar-refractivity contribution in [2.75, 3.05) is 24.6 Å². The number of likely N-dealkylation sites (tertiary alicyclic amines) is 1. The molecular formula is C28H27N3O5S2. The maximum Gasteiger partial charge on any atom is 0.352 e. The van der Waals surface area contributed by atoms with Crippen molar-refractivity contribution in [2.45, 2.75) is 35.6 Å². The van der Waals surface area contributed by atoms with Gasteiger partial charge in [-0.2, -0.15) is 0 Å². The van der Waals surface area contributed by atoms with Crippen molar-refractivity contribution < 1.29 is 24.3 Å². The van der Waals surface area contributed by atoms with Gasteiger partial charge in [-0.05, 0) is 59.7 Å². The summed E-state index contributed by atoms with van der Waals surface area (Å²) in [5, 5.41) is 14.5. The van der Waals surface area contributed by atoms with Gasteiger partial charge in [0.2, 0.25) is 11.8 Å². The molecule has 196 valence electrons. The molecule has 3 amide bonds. The minimum atomic E-state index is -1.20. The first-order valence-electron chi connectivity index (χ1n) is 12.7. The summed E-state index contributed by atoms with van der Waals surface area (Å²) in [6.07, 6.45) is 4.57. The van der Waals surface area contributed by atoms with Gasteiger partial charge < -0.3 is 15.3 Å². The molecule has 3 heterocycles. The summed E-state index contributed by atoms with van der Waals surface area (Å²) in [5.41, 5.74) is 0.984. The maximum absolute atomic E-state index is 13.0. The standard InChI is InChI=1S/C28H27N3O5S2/c32-22(15-37-21-8-7-17-3-1-2-4-18(17)12-21)29-23-26(34)31-24(28(35)36)20(14-38-27(23)31)11-19-9-10-30(25(19)33)13-16-5-6-16/h1-4,7-8,11-12,16,23,27H,5-6,9-10,13-15H2,(H,29,32)(H,35,36)/b19-11+/t23-,27-/m1/s1. The van der Waals surface area contributed by atoms with E-state index in [0.29, 0.717) is 35.8 Å². The van der Waals surface area contributed by atoms with Crippen LogP contribution in [-0.2, 0) is 19.2 Å². The molecule has 1 saturated carbocycles. The van der Waals surface area contributed by atoms with Crippen LogP contribution in [0.5, 0.6) is 0 Å². The number of carbonyl (C=O) groups excluding carboxylic acids is 3. The van der Waals surface area contributed by atoms with Crippen LogP contribution in [0.3, 0.4) is 0 Å². The summed E-state index contributed by atoms with van der Waals surface area (Å²) >= 11 is 2.80. The van der Waals surface area contributed by atoms with Crippen LogP contribution in [0, 0.1) is 5.92 Å². The Kier molecular flexibility index (Phi) is 6.69. The second-order valence-electron chi connectivity index (χ2n) is 10.0. The molecule has 10 heteroatoms. The van der Waals surface area contributed by atoms with Gasteiger partial charge in [-0.15, -0.1) is 23.5 Å². The Morgan fingerprint density at radius 2 is 1.92 bits per heavy atom. The van der Waals surface area contributed by atoms with Gasteiger partial charge in [-0.25, -0.2) is 4.79 Å². The number of nitrogens with zero attached hydrogens (tertiary/aromatic N) is 2. The normalized spacial score (nSPS) is 24.2. The first-order chi connectivity index (χ1) is 18.4. The molecule has 2 aromatic carbocycles. The molecule has 0 unspecified atom stereocenters. The molecule has 0 aromatic heterocycles. The van der Waals surface area contributed by atoms with E-state index in [1.54, 1.807) is 6.08 Å². The third kappa shape index (κ3) is 4.82. The molecule has 2 aromatic rings. The number of carboxylic acid groups (broad SMARTS) is 1. The van der Waals surface area contributed by atoms with Crippen LogP contribution in [0.4, 0.5) is 0 Å². The molecule has 1 aliphatic carbocycles. The third-order valence-electron chi connectivity index (χ3n) is 7.34. The first kappa shape index (κ1) is 25.1. The highest BCUT2D eigenvalue weighted by atomic mass is 32.2. The number of hydrogen-bond acceptors (Lipinski definition) is 6. The second-order valence-corrected chi connectivity index (χ2v) is 12.2. The molecule has 3 fully saturated rings. The molecular weight excluding hydrogens is 522 g/mol. The number of β-lactam (4-membered cyclic amide) rings is 1. The number of carbonyl (C=O) groups is 4. The molecule has 0 spiro atoms. The molecule has 2 N–H and O–H groups in total. The van der Waals surface area contributed by atoms with Crippen molar-refractivity contribution in [3.05, 3.63) is 65.4 Å². The third-order valence-corrected chi connectivity index (χ3v) is 9.64. The van der Waals surface area contributed by atoms with E-state index in [1.165, 1.54) is 28.4 Å². The van der Waals surface area contributed by atoms with E-state index in [-0.39, 0.29) is 23.3 Å². The van der Waals surface area contributed by atoms with Gasteiger partial charge in [0.05, 0.1) is 5.75 Å². The number of rotatable bonds is 8. The Morgan fingerprint density at radius 1 is 1.13 bits per heavy atom. The zero-order chi connectivity index (χ0) is 26.4. The van der Waals surface area contributed by atoms with E-state index in [9.17, 15) is 24.3 Å². The number of amides is 3. The lowest BCUT2D eigenvalue weighted by Crippen LogP contribution is -2.70. The topological polar surface area (TPSA) is 107 Å². The van der Waals surface area contributed by atoms with Crippen LogP contribution in [-0.4, -0.2) is 74.6 Å². The maximum atomic E-state index is 13.0. The Morgan fingerprint density at radius 3 is 2.68 bits per heavy atom. The van der Waals surface area contributed by atoms with Crippen molar-refractivity contribution in [1.29, 1.82) is 0 Å². The van der Waals surface area contributed by atoms with Crippen molar-refractivity contribution in [3.63, 3.8) is 0 Å². The number of aliphatic carboxylic acids is 1. The summed E-state index contributed by atoms with van der Waals surface area (Å²) in [5.74, 6) is -0.853. The Bertz CT molecular complexity index is 1420. The number of carboxylic acids is 1. The van der Waals surface area contributed by atoms with Crippen LogP contribution in [0.1, 0.15) is 19.3 Å². The highest BCUT2D eigenvalue weighted by molar-refractivity contribution is 8.00. The predicted molar refractivity (Wildman–Crippen MR) is 146 cm³/mol. The monoisotopic (exact) mass is 549 g/mol. The summed E-state index contributed by atoms with van der Waals surface area (Å²) in [7, 11) is 0. The molecule has 0 bridgehead atoms. The fourth-order valence-corrected chi connectivity index (χ4v) is 7.23. The van der Waals surface area contributed by atoms with Crippen molar-refractivity contribution in [3.8, 4) is 0 Å². The number of allylic oxidation sites excluding steroid dienone is 1. The lowest BCUT2D eigenvalue weighted by atomic mass is 10.0. The minimum absolute atomic E-state index is 0.0368.